The highest BCUT2D eigenvalue weighted by molar-refractivity contribution is 9.10. The van der Waals surface area contributed by atoms with Gasteiger partial charge in [-0.1, -0.05) is 22.0 Å². The van der Waals surface area contributed by atoms with Crippen LogP contribution in [-0.2, 0) is 19.1 Å². The van der Waals surface area contributed by atoms with Crippen LogP contribution >= 0.6 is 28.1 Å². The van der Waals surface area contributed by atoms with Crippen LogP contribution in [0.1, 0.15) is 22.8 Å². The van der Waals surface area contributed by atoms with Crippen LogP contribution in [0.4, 0.5) is 5.69 Å². The molecular formula is C23H19BrN2O8S. The Bertz CT molecular complexity index is 1260. The van der Waals surface area contributed by atoms with E-state index in [1.54, 1.807) is 6.92 Å². The van der Waals surface area contributed by atoms with Crippen molar-refractivity contribution in [2.24, 2.45) is 0 Å². The Hall–Kier alpha value is -3.77. The van der Waals surface area contributed by atoms with Gasteiger partial charge >= 0.3 is 11.9 Å². The molecule has 0 saturated carbocycles. The number of hydrogen-bond acceptors (Lipinski definition) is 8. The average molecular weight is 563 g/mol. The van der Waals surface area contributed by atoms with Crippen LogP contribution in [0.3, 0.4) is 0 Å². The molecule has 0 aromatic heterocycles. The number of carboxylic acid groups (broad SMARTS) is 1. The Morgan fingerprint density at radius 1 is 1.17 bits per heavy atom. The fraction of sp³-hybridized carbons (Fsp3) is 0.174. The van der Waals surface area contributed by atoms with Gasteiger partial charge in [0.1, 0.15) is 5.57 Å². The molecule has 0 aliphatic carbocycles. The summed E-state index contributed by atoms with van der Waals surface area (Å²) in [5.41, 5.74) is 0.300. The largest absolute Gasteiger partial charge is 0.490 e. The van der Waals surface area contributed by atoms with E-state index in [1.807, 2.05) is 0 Å². The van der Waals surface area contributed by atoms with E-state index < -0.39 is 23.8 Å². The van der Waals surface area contributed by atoms with Crippen LogP contribution < -0.4 is 19.7 Å². The number of esters is 1. The predicted molar refractivity (Wildman–Crippen MR) is 132 cm³/mol. The first-order chi connectivity index (χ1) is 16.7. The fourth-order valence-corrected chi connectivity index (χ4v) is 3.78. The molecule has 0 bridgehead atoms. The van der Waals surface area contributed by atoms with Crippen LogP contribution in [-0.4, -0.2) is 54.3 Å². The lowest BCUT2D eigenvalue weighted by Gasteiger charge is -2.29. The molecule has 1 fully saturated rings. The summed E-state index contributed by atoms with van der Waals surface area (Å²) in [5.74, 6) is -2.69. The van der Waals surface area contributed by atoms with Crippen LogP contribution in [0.15, 0.2) is 46.4 Å². The number of ether oxygens (including phenoxy) is 3. The highest BCUT2D eigenvalue weighted by atomic mass is 79.9. The fourth-order valence-electron chi connectivity index (χ4n) is 3.06. The Morgan fingerprint density at radius 2 is 1.89 bits per heavy atom. The summed E-state index contributed by atoms with van der Waals surface area (Å²) in [6.07, 6.45) is 1.34. The van der Waals surface area contributed by atoms with Gasteiger partial charge in [-0.25, -0.2) is 9.59 Å². The summed E-state index contributed by atoms with van der Waals surface area (Å²) >= 11 is 8.54. The standard InChI is InChI=1S/C23H19BrN2O8S/c1-3-33-17-9-13(16(24)10-18(17)34-11-19(27)32-2)8-15-20(28)25-23(35)26(21(15)29)14-6-4-5-12(7-14)22(30)31/h4-10H,3,11H2,1-2H3,(H,30,31)(H,25,28,35). The maximum Gasteiger partial charge on any atom is 0.343 e. The number of carbonyl (C=O) groups excluding carboxylic acids is 3. The van der Waals surface area contributed by atoms with E-state index in [0.717, 1.165) is 4.90 Å². The van der Waals surface area contributed by atoms with Gasteiger partial charge in [-0.3, -0.25) is 19.8 Å². The number of nitrogens with one attached hydrogen (secondary N) is 1. The van der Waals surface area contributed by atoms with Crippen LogP contribution in [0.25, 0.3) is 6.08 Å². The van der Waals surface area contributed by atoms with Crippen molar-refractivity contribution >= 4 is 68.8 Å². The summed E-state index contributed by atoms with van der Waals surface area (Å²) in [5, 5.41) is 11.5. The molecule has 2 aromatic carbocycles. The van der Waals surface area contributed by atoms with Crippen molar-refractivity contribution in [2.45, 2.75) is 6.92 Å². The zero-order valence-electron chi connectivity index (χ0n) is 18.5. The maximum atomic E-state index is 13.3. The quantitative estimate of drug-likeness (QED) is 0.215. The molecule has 0 unspecified atom stereocenters. The number of benzene rings is 2. The first-order valence-electron chi connectivity index (χ1n) is 10.1. The number of hydrogen-bond donors (Lipinski definition) is 2. The summed E-state index contributed by atoms with van der Waals surface area (Å²) < 4.78 is 16.1. The smallest absolute Gasteiger partial charge is 0.343 e. The molecule has 10 nitrogen and oxygen atoms in total. The zero-order valence-corrected chi connectivity index (χ0v) is 20.9. The number of nitrogens with zero attached hydrogens (tertiary/aromatic N) is 1. The third kappa shape index (κ3) is 5.84. The third-order valence-electron chi connectivity index (χ3n) is 4.69. The number of aromatic carboxylic acids is 1. The lowest BCUT2D eigenvalue weighted by Crippen LogP contribution is -2.54. The normalized spacial score (nSPS) is 14.5. The molecule has 2 aromatic rings. The van der Waals surface area contributed by atoms with Gasteiger partial charge in [0, 0.05) is 4.47 Å². The van der Waals surface area contributed by atoms with Gasteiger partial charge in [0.2, 0.25) is 0 Å². The van der Waals surface area contributed by atoms with Gasteiger partial charge in [0.15, 0.2) is 23.2 Å². The van der Waals surface area contributed by atoms with Crippen molar-refractivity contribution < 1.29 is 38.5 Å². The molecular weight excluding hydrogens is 544 g/mol. The molecule has 182 valence electrons. The molecule has 1 aliphatic heterocycles. The maximum absolute atomic E-state index is 13.3. The van der Waals surface area contributed by atoms with Crippen LogP contribution in [0.2, 0.25) is 0 Å². The number of amides is 2. The van der Waals surface area contributed by atoms with E-state index >= 15 is 0 Å². The summed E-state index contributed by atoms with van der Waals surface area (Å²) in [6, 6.07) is 8.68. The van der Waals surface area contributed by atoms with E-state index in [2.05, 4.69) is 26.0 Å². The third-order valence-corrected chi connectivity index (χ3v) is 5.66. The molecule has 12 heteroatoms. The van der Waals surface area contributed by atoms with E-state index in [0.29, 0.717) is 10.0 Å². The summed E-state index contributed by atoms with van der Waals surface area (Å²) in [6.45, 7) is 1.70. The number of carboxylic acids is 1. The first kappa shape index (κ1) is 25.8. The molecule has 2 N–H and O–H groups in total. The minimum atomic E-state index is -1.18. The first-order valence-corrected chi connectivity index (χ1v) is 11.3. The van der Waals surface area contributed by atoms with E-state index in [1.165, 1.54) is 49.6 Å². The molecule has 35 heavy (non-hydrogen) atoms. The van der Waals surface area contributed by atoms with Crippen molar-refractivity contribution in [3.63, 3.8) is 0 Å². The number of methoxy groups -OCH3 is 1. The van der Waals surface area contributed by atoms with Crippen molar-refractivity contribution in [3.8, 4) is 11.5 Å². The van der Waals surface area contributed by atoms with Crippen molar-refractivity contribution in [3.05, 3.63) is 57.6 Å². The highest BCUT2D eigenvalue weighted by Crippen LogP contribution is 2.35. The zero-order chi connectivity index (χ0) is 25.7. The summed E-state index contributed by atoms with van der Waals surface area (Å²) in [4.78, 5) is 49.7. The minimum absolute atomic E-state index is 0.0489. The Morgan fingerprint density at radius 3 is 2.54 bits per heavy atom. The van der Waals surface area contributed by atoms with E-state index in [9.17, 15) is 24.3 Å². The van der Waals surface area contributed by atoms with Gasteiger partial charge in [-0.15, -0.1) is 0 Å². The second kappa shape index (κ2) is 11.1. The van der Waals surface area contributed by atoms with Gasteiger partial charge in [0.25, 0.3) is 11.8 Å². The molecule has 0 radical (unpaired) electrons. The number of carbonyl (C=O) groups is 4. The van der Waals surface area contributed by atoms with E-state index in [4.69, 9.17) is 21.7 Å². The van der Waals surface area contributed by atoms with Gasteiger partial charge in [-0.05, 0) is 61.1 Å². The van der Waals surface area contributed by atoms with Crippen molar-refractivity contribution in [1.82, 2.24) is 5.32 Å². The molecule has 1 heterocycles. The molecule has 1 saturated heterocycles. The molecule has 1 aliphatic rings. The number of anilines is 1. The van der Waals surface area contributed by atoms with Gasteiger partial charge in [0.05, 0.1) is 25.0 Å². The molecule has 3 rings (SSSR count). The number of halogens is 1. The lowest BCUT2D eigenvalue weighted by atomic mass is 10.1. The molecule has 0 atom stereocenters. The van der Waals surface area contributed by atoms with Crippen molar-refractivity contribution in [2.75, 3.05) is 25.2 Å². The van der Waals surface area contributed by atoms with Crippen LogP contribution in [0, 0.1) is 0 Å². The topological polar surface area (TPSA) is 131 Å². The lowest BCUT2D eigenvalue weighted by molar-refractivity contribution is -0.143. The van der Waals surface area contributed by atoms with Gasteiger partial charge < -0.3 is 19.3 Å². The van der Waals surface area contributed by atoms with E-state index in [-0.39, 0.29) is 46.6 Å². The van der Waals surface area contributed by atoms with Crippen LogP contribution in [0.5, 0.6) is 11.5 Å². The number of thiocarbonyl (C=S) groups is 1. The monoisotopic (exact) mass is 562 g/mol. The average Bonchev–Trinajstić information content (AvgIpc) is 2.82. The Kier molecular flexibility index (Phi) is 8.20. The Balaban J connectivity index is 2.01. The predicted octanol–water partition coefficient (Wildman–Crippen LogP) is 2.93. The second-order valence-corrected chi connectivity index (χ2v) is 8.17. The highest BCUT2D eigenvalue weighted by Gasteiger charge is 2.35. The van der Waals surface area contributed by atoms with Crippen molar-refractivity contribution in [1.29, 1.82) is 0 Å². The molecule has 2 amide bonds. The number of rotatable bonds is 8. The van der Waals surface area contributed by atoms with Gasteiger partial charge in [-0.2, -0.15) is 0 Å². The SMILES string of the molecule is CCOc1cc(C=C2C(=O)NC(=S)N(c3cccc(C(=O)O)c3)C2=O)c(Br)cc1OCC(=O)OC. The Labute approximate surface area is 213 Å². The second-order valence-electron chi connectivity index (χ2n) is 6.93. The molecule has 0 spiro atoms. The minimum Gasteiger partial charge on any atom is -0.490 e. The summed E-state index contributed by atoms with van der Waals surface area (Å²) in [7, 11) is 1.24.